The van der Waals surface area contributed by atoms with Crippen LogP contribution in [-0.2, 0) is 73.0 Å². The molecule has 0 saturated carbocycles. The highest BCUT2D eigenvalue weighted by atomic mass is 16.8. The van der Waals surface area contributed by atoms with Gasteiger partial charge in [0.05, 0.1) is 30.7 Å². The lowest BCUT2D eigenvalue weighted by molar-refractivity contribution is -0.188. The molecule has 1 rings (SSSR count). The fourth-order valence-electron chi connectivity index (χ4n) is 6.18. The molecule has 0 aliphatic rings. The third kappa shape index (κ3) is 28.2. The van der Waals surface area contributed by atoms with E-state index in [-0.39, 0.29) is 25.2 Å². The van der Waals surface area contributed by atoms with Crippen LogP contribution in [0.3, 0.4) is 0 Å². The van der Waals surface area contributed by atoms with Gasteiger partial charge in [0, 0.05) is 19.3 Å². The fraction of sp³-hybridized carbons (Fsp3) is 0.640. The van der Waals surface area contributed by atoms with Crippen LogP contribution in [-0.4, -0.2) is 110 Å². The molecule has 0 heterocycles. The number of Topliss-reactive ketones (excluding diaryl/α,β-unsaturated/α-hetero) is 1. The molecule has 2 N–H and O–H groups in total. The van der Waals surface area contributed by atoms with E-state index >= 15 is 0 Å². The number of hydrogen-bond donors (Lipinski definition) is 2. The van der Waals surface area contributed by atoms with E-state index in [2.05, 4.69) is 24.1 Å². The standard InChI is InChI=1S/C50H73NO19/c1-9-11-13-16-19-22-39(52)23-20-17-14-15-18-21-24-41(50(60,46(56)64-34-67-49(59)70-37(7)8)31-43(53)62-32-65-47(57)68-35(3)4)44(54)51-42(45(55)63-33-66-48(58)69-36(5)6)30-38-25-27-40(28-26-38)61-29-12-10-2/h21,24-28,35-37,41-42,60H,9,11,13-20,22-23,29-34H2,1-8H3,(H,51,54)/t41-,42+,50+/m1/s1. The van der Waals surface area contributed by atoms with Crippen molar-refractivity contribution in [3.05, 3.63) is 42.0 Å². The van der Waals surface area contributed by atoms with Gasteiger partial charge in [0.15, 0.2) is 5.60 Å². The number of carbonyl (C=O) groups is 8. The first-order valence-electron chi connectivity index (χ1n) is 23.6. The Kier molecular flexibility index (Phi) is 31.5. The van der Waals surface area contributed by atoms with Crippen LogP contribution in [0.25, 0.3) is 0 Å². The van der Waals surface area contributed by atoms with Crippen LogP contribution in [0.5, 0.6) is 5.75 Å². The largest absolute Gasteiger partial charge is 0.511 e. The Labute approximate surface area is 411 Å². The van der Waals surface area contributed by atoms with Gasteiger partial charge in [-0.2, -0.15) is 0 Å². The van der Waals surface area contributed by atoms with E-state index < -0.39 is 105 Å². The van der Waals surface area contributed by atoms with Crippen molar-refractivity contribution in [2.24, 2.45) is 5.92 Å². The number of amides is 1. The van der Waals surface area contributed by atoms with E-state index in [1.807, 2.05) is 0 Å². The number of aliphatic hydroxyl groups is 1. The molecule has 0 saturated heterocycles. The predicted molar refractivity (Wildman–Crippen MR) is 250 cm³/mol. The van der Waals surface area contributed by atoms with Gasteiger partial charge in [-0.1, -0.05) is 75.7 Å². The Balaban J connectivity index is 3.58. The zero-order valence-electron chi connectivity index (χ0n) is 41.9. The van der Waals surface area contributed by atoms with Gasteiger partial charge in [-0.3, -0.25) is 14.4 Å². The molecular weight excluding hydrogens is 919 g/mol. The Morgan fingerprint density at radius 3 is 1.71 bits per heavy atom. The lowest BCUT2D eigenvalue weighted by Gasteiger charge is -2.31. The minimum atomic E-state index is -3.17. The molecule has 20 nitrogen and oxygen atoms in total. The van der Waals surface area contributed by atoms with E-state index in [1.165, 1.54) is 19.9 Å². The summed E-state index contributed by atoms with van der Waals surface area (Å²) in [5.74, 6) is -1.28. The van der Waals surface area contributed by atoms with Crippen molar-refractivity contribution < 1.29 is 90.8 Å². The van der Waals surface area contributed by atoms with Crippen molar-refractivity contribution in [2.75, 3.05) is 27.0 Å². The maximum Gasteiger partial charge on any atom is 0.511 e. The second-order valence-corrected chi connectivity index (χ2v) is 16.7. The monoisotopic (exact) mass is 991 g/mol. The molecule has 1 amide bonds. The van der Waals surface area contributed by atoms with Crippen molar-refractivity contribution in [2.45, 2.75) is 175 Å². The third-order valence-corrected chi connectivity index (χ3v) is 9.62. The number of esters is 3. The number of benzene rings is 1. The molecule has 0 spiro atoms. The normalized spacial score (nSPS) is 12.6. The maximum atomic E-state index is 14.5. The zero-order chi connectivity index (χ0) is 52.3. The van der Waals surface area contributed by atoms with Crippen LogP contribution in [0.2, 0.25) is 0 Å². The lowest BCUT2D eigenvalue weighted by Crippen LogP contribution is -2.56. The molecule has 0 radical (unpaired) electrons. The van der Waals surface area contributed by atoms with E-state index in [0.717, 1.165) is 44.6 Å². The molecule has 1 aromatic rings. The average Bonchev–Trinajstić information content (AvgIpc) is 3.27. The number of nitrogens with one attached hydrogen (secondary N) is 1. The van der Waals surface area contributed by atoms with Crippen LogP contribution >= 0.6 is 0 Å². The molecule has 0 bridgehead atoms. The number of carbonyl (C=O) groups excluding carboxylic acids is 8. The summed E-state index contributed by atoms with van der Waals surface area (Å²) in [7, 11) is 0. The minimum absolute atomic E-state index is 0.111. The van der Waals surface area contributed by atoms with Crippen LogP contribution in [0.4, 0.5) is 14.4 Å². The average molecular weight is 992 g/mol. The van der Waals surface area contributed by atoms with Crippen molar-refractivity contribution in [3.8, 4) is 17.6 Å². The highest BCUT2D eigenvalue weighted by molar-refractivity contribution is 5.95. The minimum Gasteiger partial charge on any atom is -0.481 e. The van der Waals surface area contributed by atoms with Crippen LogP contribution in [0.15, 0.2) is 36.4 Å². The maximum absolute atomic E-state index is 14.5. The molecule has 20 heteroatoms. The summed E-state index contributed by atoms with van der Waals surface area (Å²) >= 11 is 0. The molecule has 70 heavy (non-hydrogen) atoms. The molecule has 0 unspecified atom stereocenters. The number of ketones is 1. The second-order valence-electron chi connectivity index (χ2n) is 16.7. The molecule has 0 fully saturated rings. The SMILES string of the molecule is CC#CCOc1ccc(C[C@H](NC(=O)[C@@H](C=CCCCCCCC(=O)CCCCCCC)[C@@](O)(CC(=O)OCOC(=O)OC(C)C)C(=O)OCOC(=O)OC(C)C)C(=O)OCOC(=O)OC(C)C)cc1. The first-order valence-corrected chi connectivity index (χ1v) is 23.6. The Morgan fingerprint density at radius 1 is 0.671 bits per heavy atom. The Bertz CT molecular complexity index is 1870. The summed E-state index contributed by atoms with van der Waals surface area (Å²) in [4.78, 5) is 104. The van der Waals surface area contributed by atoms with Gasteiger partial charge < -0.3 is 57.8 Å². The smallest absolute Gasteiger partial charge is 0.481 e. The predicted octanol–water partition coefficient (Wildman–Crippen LogP) is 7.87. The topological polar surface area (TPSA) is 261 Å². The van der Waals surface area contributed by atoms with Gasteiger partial charge in [0.2, 0.25) is 26.3 Å². The van der Waals surface area contributed by atoms with Gasteiger partial charge in [-0.05, 0) is 91.8 Å². The summed E-state index contributed by atoms with van der Waals surface area (Å²) in [6.07, 6.45) is 4.93. The number of allylic oxidation sites excluding steroid dienone is 1. The Morgan fingerprint density at radius 2 is 1.19 bits per heavy atom. The first-order chi connectivity index (χ1) is 33.3. The van der Waals surface area contributed by atoms with Crippen molar-refractivity contribution in [1.82, 2.24) is 5.32 Å². The number of rotatable bonds is 34. The molecule has 0 aliphatic carbocycles. The summed E-state index contributed by atoms with van der Waals surface area (Å²) in [5.41, 5.74) is -2.71. The van der Waals surface area contributed by atoms with Crippen molar-refractivity contribution >= 4 is 48.1 Å². The number of unbranched alkanes of at least 4 members (excludes halogenated alkanes) is 8. The summed E-state index contributed by atoms with van der Waals surface area (Å²) < 4.78 is 49.8. The number of hydrogen-bond acceptors (Lipinski definition) is 19. The summed E-state index contributed by atoms with van der Waals surface area (Å²) in [6, 6.07) is 4.75. The molecular formula is C50H73NO19. The molecule has 1 aromatic carbocycles. The zero-order valence-corrected chi connectivity index (χ0v) is 41.9. The van der Waals surface area contributed by atoms with Gasteiger partial charge in [-0.15, -0.1) is 5.92 Å². The van der Waals surface area contributed by atoms with E-state index in [1.54, 1.807) is 58.9 Å². The van der Waals surface area contributed by atoms with E-state index in [0.29, 0.717) is 43.4 Å². The van der Waals surface area contributed by atoms with Gasteiger partial charge in [0.25, 0.3) is 0 Å². The third-order valence-electron chi connectivity index (χ3n) is 9.62. The molecule has 0 aromatic heterocycles. The van der Waals surface area contributed by atoms with Crippen molar-refractivity contribution in [3.63, 3.8) is 0 Å². The molecule has 3 atom stereocenters. The van der Waals surface area contributed by atoms with Gasteiger partial charge >= 0.3 is 36.4 Å². The Hall–Kier alpha value is -6.36. The van der Waals surface area contributed by atoms with Crippen LogP contribution in [0, 0.1) is 17.8 Å². The number of ether oxygens (including phenoxy) is 10. The summed E-state index contributed by atoms with van der Waals surface area (Å²) in [6.45, 7) is 10.1. The van der Waals surface area contributed by atoms with Crippen molar-refractivity contribution in [1.29, 1.82) is 0 Å². The quantitative estimate of drug-likeness (QED) is 0.0166. The van der Waals surface area contributed by atoms with Gasteiger partial charge in [0.1, 0.15) is 24.2 Å². The lowest BCUT2D eigenvalue weighted by atomic mass is 9.82. The highest BCUT2D eigenvalue weighted by Gasteiger charge is 2.51. The summed E-state index contributed by atoms with van der Waals surface area (Å²) in [5, 5.41) is 14.7. The first kappa shape index (κ1) is 61.7. The molecule has 0 aliphatic heterocycles. The van der Waals surface area contributed by atoms with Crippen LogP contribution < -0.4 is 10.1 Å². The van der Waals surface area contributed by atoms with Gasteiger partial charge in [-0.25, -0.2) is 24.0 Å². The molecule has 392 valence electrons. The van der Waals surface area contributed by atoms with Crippen LogP contribution in [0.1, 0.15) is 144 Å². The van der Waals surface area contributed by atoms with E-state index in [4.69, 9.17) is 47.4 Å². The second kappa shape index (κ2) is 35.7. The highest BCUT2D eigenvalue weighted by Crippen LogP contribution is 2.28. The van der Waals surface area contributed by atoms with E-state index in [9.17, 15) is 43.5 Å². The fourth-order valence-corrected chi connectivity index (χ4v) is 6.18.